The number of carbonyl (C=O) groups excluding carboxylic acids is 2. The van der Waals surface area contributed by atoms with Crippen LogP contribution in [0.4, 0.5) is 0 Å². The molecule has 1 fully saturated rings. The highest BCUT2D eigenvalue weighted by molar-refractivity contribution is 5.98. The van der Waals surface area contributed by atoms with Gasteiger partial charge in [0.05, 0.1) is 0 Å². The summed E-state index contributed by atoms with van der Waals surface area (Å²) in [6, 6.07) is 6.10. The van der Waals surface area contributed by atoms with Crippen LogP contribution in [0.3, 0.4) is 0 Å². The first-order valence-electron chi connectivity index (χ1n) is 8.95. The number of nitrogens with two attached hydrogens (primary N) is 1. The van der Waals surface area contributed by atoms with Crippen LogP contribution in [0.25, 0.3) is 5.57 Å². The average molecular weight is 326 g/mol. The third-order valence-electron chi connectivity index (χ3n) is 5.36. The fraction of sp³-hybridized carbons (Fsp3) is 0.500. The average Bonchev–Trinajstić information content (AvgIpc) is 2.62. The molecule has 24 heavy (non-hydrogen) atoms. The number of benzene rings is 1. The van der Waals surface area contributed by atoms with E-state index in [2.05, 4.69) is 12.1 Å². The minimum absolute atomic E-state index is 0.158. The molecule has 2 aliphatic rings. The predicted molar refractivity (Wildman–Crippen MR) is 95.6 cm³/mol. The van der Waals surface area contributed by atoms with Gasteiger partial charge >= 0.3 is 0 Å². The molecule has 1 aliphatic carbocycles. The summed E-state index contributed by atoms with van der Waals surface area (Å²) in [5, 5.41) is 0. The molecule has 0 aromatic heterocycles. The molecule has 0 bridgehead atoms. The van der Waals surface area contributed by atoms with Crippen molar-refractivity contribution in [1.82, 2.24) is 4.90 Å². The van der Waals surface area contributed by atoms with E-state index in [1.54, 1.807) is 6.92 Å². The summed E-state index contributed by atoms with van der Waals surface area (Å²) in [5.41, 5.74) is 9.78. The highest BCUT2D eigenvalue weighted by Gasteiger charge is 2.23. The molecule has 0 spiro atoms. The second kappa shape index (κ2) is 7.20. The Kier molecular flexibility index (Phi) is 5.03. The molecule has 1 aliphatic heterocycles. The van der Waals surface area contributed by atoms with Crippen LogP contribution in [-0.2, 0) is 4.79 Å². The van der Waals surface area contributed by atoms with E-state index in [0.717, 1.165) is 44.3 Å². The van der Waals surface area contributed by atoms with Crippen LogP contribution in [0, 0.1) is 0 Å². The van der Waals surface area contributed by atoms with Crippen molar-refractivity contribution in [3.63, 3.8) is 0 Å². The van der Waals surface area contributed by atoms with Crippen LogP contribution >= 0.6 is 0 Å². The second-order valence-electron chi connectivity index (χ2n) is 6.92. The number of hydrogen-bond acceptors (Lipinski definition) is 2. The summed E-state index contributed by atoms with van der Waals surface area (Å²) in [6.45, 7) is 3.26. The molecular formula is C20H26N2O2. The predicted octanol–water partition coefficient (Wildman–Crippen LogP) is 3.47. The van der Waals surface area contributed by atoms with E-state index in [4.69, 9.17) is 5.73 Å². The fourth-order valence-corrected chi connectivity index (χ4v) is 3.91. The van der Waals surface area contributed by atoms with Gasteiger partial charge in [0.2, 0.25) is 11.8 Å². The van der Waals surface area contributed by atoms with E-state index in [1.807, 2.05) is 17.0 Å². The standard InChI is InChI=1S/C20H26N2O2/c1-14(23)22-11-9-15(10-12-22)17-7-8-18(20(21)24)19(13-17)16-5-3-2-4-6-16/h5,7-8,13,15H,2-4,6,9-12H2,1H3,(H2,21,24). The number of amides is 2. The molecule has 1 aromatic carbocycles. The van der Waals surface area contributed by atoms with E-state index >= 15 is 0 Å². The molecular weight excluding hydrogens is 300 g/mol. The minimum Gasteiger partial charge on any atom is -0.366 e. The number of nitrogens with zero attached hydrogens (tertiary/aromatic N) is 1. The maximum absolute atomic E-state index is 11.8. The van der Waals surface area contributed by atoms with Crippen LogP contribution < -0.4 is 5.73 Å². The SMILES string of the molecule is CC(=O)N1CCC(c2ccc(C(N)=O)c(C3=CCCCC3)c2)CC1. The molecule has 1 heterocycles. The van der Waals surface area contributed by atoms with Crippen LogP contribution in [0.15, 0.2) is 24.3 Å². The Morgan fingerprint density at radius 1 is 1.17 bits per heavy atom. The Morgan fingerprint density at radius 2 is 1.92 bits per heavy atom. The highest BCUT2D eigenvalue weighted by Crippen LogP contribution is 2.34. The van der Waals surface area contributed by atoms with Crippen molar-refractivity contribution in [2.24, 2.45) is 5.73 Å². The molecule has 2 N–H and O–H groups in total. The lowest BCUT2D eigenvalue weighted by atomic mass is 9.84. The summed E-state index contributed by atoms with van der Waals surface area (Å²) >= 11 is 0. The van der Waals surface area contributed by atoms with Gasteiger partial charge in [0.25, 0.3) is 0 Å². The fourth-order valence-electron chi connectivity index (χ4n) is 3.91. The lowest BCUT2D eigenvalue weighted by Gasteiger charge is -2.32. The Morgan fingerprint density at radius 3 is 2.50 bits per heavy atom. The molecule has 0 saturated carbocycles. The quantitative estimate of drug-likeness (QED) is 0.924. The summed E-state index contributed by atoms with van der Waals surface area (Å²) in [7, 11) is 0. The molecule has 4 heteroatoms. The van der Waals surface area contributed by atoms with E-state index in [0.29, 0.717) is 11.5 Å². The number of carbonyl (C=O) groups is 2. The number of hydrogen-bond donors (Lipinski definition) is 1. The zero-order chi connectivity index (χ0) is 17.1. The van der Waals surface area contributed by atoms with Gasteiger partial charge in [-0.2, -0.15) is 0 Å². The summed E-state index contributed by atoms with van der Waals surface area (Å²) in [5.74, 6) is 0.255. The maximum atomic E-state index is 11.8. The van der Waals surface area contributed by atoms with Gasteiger partial charge in [-0.1, -0.05) is 18.2 Å². The van der Waals surface area contributed by atoms with Crippen molar-refractivity contribution in [3.8, 4) is 0 Å². The minimum atomic E-state index is -0.352. The molecule has 0 atom stereocenters. The molecule has 2 amide bonds. The molecule has 4 nitrogen and oxygen atoms in total. The number of likely N-dealkylation sites (tertiary alicyclic amines) is 1. The van der Waals surface area contributed by atoms with Crippen molar-refractivity contribution in [2.75, 3.05) is 13.1 Å². The van der Waals surface area contributed by atoms with Gasteiger partial charge in [0.1, 0.15) is 0 Å². The van der Waals surface area contributed by atoms with Crippen LogP contribution in [0.2, 0.25) is 0 Å². The number of primary amides is 1. The highest BCUT2D eigenvalue weighted by atomic mass is 16.2. The van der Waals surface area contributed by atoms with Crippen molar-refractivity contribution in [3.05, 3.63) is 41.0 Å². The lowest BCUT2D eigenvalue weighted by Crippen LogP contribution is -2.36. The van der Waals surface area contributed by atoms with Crippen molar-refractivity contribution in [1.29, 1.82) is 0 Å². The van der Waals surface area contributed by atoms with E-state index in [1.165, 1.54) is 24.0 Å². The van der Waals surface area contributed by atoms with E-state index < -0.39 is 0 Å². The third kappa shape index (κ3) is 3.53. The van der Waals surface area contributed by atoms with Gasteiger partial charge in [0, 0.05) is 25.6 Å². The molecule has 3 rings (SSSR count). The van der Waals surface area contributed by atoms with Crippen molar-refractivity contribution < 1.29 is 9.59 Å². The van der Waals surface area contributed by atoms with E-state index in [9.17, 15) is 9.59 Å². The van der Waals surface area contributed by atoms with Crippen LogP contribution in [-0.4, -0.2) is 29.8 Å². The smallest absolute Gasteiger partial charge is 0.249 e. The van der Waals surface area contributed by atoms with Crippen LogP contribution in [0.1, 0.15) is 72.9 Å². The Balaban J connectivity index is 1.86. The summed E-state index contributed by atoms with van der Waals surface area (Å²) < 4.78 is 0. The Hall–Kier alpha value is -2.10. The Bertz CT molecular complexity index is 670. The molecule has 0 radical (unpaired) electrons. The van der Waals surface area contributed by atoms with Crippen molar-refractivity contribution >= 4 is 17.4 Å². The lowest BCUT2D eigenvalue weighted by molar-refractivity contribution is -0.129. The molecule has 1 aromatic rings. The van der Waals surface area contributed by atoms with Gasteiger partial charge in [-0.15, -0.1) is 0 Å². The number of rotatable bonds is 3. The molecule has 1 saturated heterocycles. The second-order valence-corrected chi connectivity index (χ2v) is 6.92. The van der Waals surface area contributed by atoms with Crippen LogP contribution in [0.5, 0.6) is 0 Å². The first-order valence-corrected chi connectivity index (χ1v) is 8.95. The first-order chi connectivity index (χ1) is 11.6. The Labute approximate surface area is 143 Å². The zero-order valence-corrected chi connectivity index (χ0v) is 14.4. The third-order valence-corrected chi connectivity index (χ3v) is 5.36. The summed E-state index contributed by atoms with van der Waals surface area (Å²) in [4.78, 5) is 25.2. The van der Waals surface area contributed by atoms with Crippen molar-refractivity contribution in [2.45, 2.75) is 51.4 Å². The summed E-state index contributed by atoms with van der Waals surface area (Å²) in [6.07, 6.45) is 8.71. The van der Waals surface area contributed by atoms with E-state index in [-0.39, 0.29) is 11.8 Å². The van der Waals surface area contributed by atoms with Gasteiger partial charge < -0.3 is 10.6 Å². The first kappa shape index (κ1) is 16.7. The zero-order valence-electron chi connectivity index (χ0n) is 14.4. The normalized spacial score (nSPS) is 19.0. The number of piperidine rings is 1. The van der Waals surface area contributed by atoms with Gasteiger partial charge in [0.15, 0.2) is 0 Å². The largest absolute Gasteiger partial charge is 0.366 e. The van der Waals surface area contributed by atoms with Gasteiger partial charge in [-0.3, -0.25) is 9.59 Å². The molecule has 0 unspecified atom stereocenters. The van der Waals surface area contributed by atoms with Gasteiger partial charge in [-0.25, -0.2) is 0 Å². The topological polar surface area (TPSA) is 63.4 Å². The monoisotopic (exact) mass is 326 g/mol. The van der Waals surface area contributed by atoms with Gasteiger partial charge in [-0.05, 0) is 67.2 Å². The maximum Gasteiger partial charge on any atom is 0.249 e. The number of allylic oxidation sites excluding steroid dienone is 2. The molecule has 128 valence electrons.